The Morgan fingerprint density at radius 2 is 1.97 bits per heavy atom. The van der Waals surface area contributed by atoms with Crippen LogP contribution in [0, 0.1) is 0 Å². The van der Waals surface area contributed by atoms with E-state index in [0.717, 1.165) is 63.9 Å². The van der Waals surface area contributed by atoms with E-state index in [2.05, 4.69) is 50.7 Å². The first-order chi connectivity index (χ1) is 15.2. The molecule has 0 spiro atoms. The molecule has 2 fully saturated rings. The van der Waals surface area contributed by atoms with Gasteiger partial charge in [-0.25, -0.2) is 0 Å². The number of piperidine rings is 1. The SMILES string of the molecule is CN=C(NCCN1CCCCC1)NCc1cccc(OCCN(C)C2CCOCC2)c1.I. The lowest BCUT2D eigenvalue weighted by Gasteiger charge is -2.31. The molecule has 0 radical (unpaired) electrons. The fourth-order valence-electron chi connectivity index (χ4n) is 4.28. The molecule has 2 aliphatic heterocycles. The minimum absolute atomic E-state index is 0. The number of nitrogens with one attached hydrogen (secondary N) is 2. The number of hydrogen-bond donors (Lipinski definition) is 2. The van der Waals surface area contributed by atoms with Crippen LogP contribution in [0.25, 0.3) is 0 Å². The molecular weight excluding hydrogens is 517 g/mol. The predicted molar refractivity (Wildman–Crippen MR) is 142 cm³/mol. The number of likely N-dealkylation sites (tertiary alicyclic amines) is 1. The fraction of sp³-hybridized carbons (Fsp3) is 0.708. The van der Waals surface area contributed by atoms with Crippen LogP contribution >= 0.6 is 24.0 Å². The first-order valence-electron chi connectivity index (χ1n) is 11.9. The third-order valence-corrected chi connectivity index (χ3v) is 6.28. The molecule has 182 valence electrons. The normalized spacial score (nSPS) is 18.3. The minimum atomic E-state index is 0. The summed E-state index contributed by atoms with van der Waals surface area (Å²) in [6, 6.07) is 8.93. The molecule has 2 heterocycles. The second kappa shape index (κ2) is 15.7. The van der Waals surface area contributed by atoms with E-state index >= 15 is 0 Å². The van der Waals surface area contributed by atoms with Gasteiger partial charge in [-0.3, -0.25) is 9.89 Å². The van der Waals surface area contributed by atoms with E-state index in [9.17, 15) is 0 Å². The highest BCUT2D eigenvalue weighted by atomic mass is 127. The topological polar surface area (TPSA) is 61.4 Å². The zero-order chi connectivity index (χ0) is 21.7. The number of rotatable bonds is 10. The van der Waals surface area contributed by atoms with Crippen LogP contribution in [0.5, 0.6) is 5.75 Å². The maximum Gasteiger partial charge on any atom is 0.191 e. The molecular formula is C24H42IN5O2. The van der Waals surface area contributed by atoms with Crippen LogP contribution in [0.2, 0.25) is 0 Å². The lowest BCUT2D eigenvalue weighted by atomic mass is 10.1. The van der Waals surface area contributed by atoms with Gasteiger partial charge in [0.05, 0.1) is 0 Å². The molecule has 3 rings (SSSR count). The van der Waals surface area contributed by atoms with E-state index in [4.69, 9.17) is 9.47 Å². The van der Waals surface area contributed by atoms with Gasteiger partial charge in [-0.15, -0.1) is 24.0 Å². The summed E-state index contributed by atoms with van der Waals surface area (Å²) in [5.74, 6) is 1.77. The third-order valence-electron chi connectivity index (χ3n) is 6.28. The average Bonchev–Trinajstić information content (AvgIpc) is 2.82. The van der Waals surface area contributed by atoms with E-state index in [1.54, 1.807) is 0 Å². The van der Waals surface area contributed by atoms with Gasteiger partial charge in [0.1, 0.15) is 12.4 Å². The second-order valence-electron chi connectivity index (χ2n) is 8.57. The van der Waals surface area contributed by atoms with Crippen LogP contribution < -0.4 is 15.4 Å². The number of ether oxygens (including phenoxy) is 2. The molecule has 1 aromatic rings. The van der Waals surface area contributed by atoms with Crippen molar-refractivity contribution in [3.05, 3.63) is 29.8 Å². The Morgan fingerprint density at radius 1 is 1.19 bits per heavy atom. The summed E-state index contributed by atoms with van der Waals surface area (Å²) in [6.07, 6.45) is 6.27. The number of halogens is 1. The van der Waals surface area contributed by atoms with Crippen LogP contribution in [0.4, 0.5) is 0 Å². The van der Waals surface area contributed by atoms with E-state index < -0.39 is 0 Å². The molecule has 2 aliphatic rings. The first kappa shape index (κ1) is 27.1. The molecule has 0 unspecified atom stereocenters. The summed E-state index contributed by atoms with van der Waals surface area (Å²) in [7, 11) is 4.01. The Hall–Kier alpha value is -1.10. The van der Waals surface area contributed by atoms with Gasteiger partial charge in [0.25, 0.3) is 0 Å². The molecule has 32 heavy (non-hydrogen) atoms. The summed E-state index contributed by atoms with van der Waals surface area (Å²) in [4.78, 5) is 9.28. The second-order valence-corrected chi connectivity index (χ2v) is 8.57. The molecule has 0 aromatic heterocycles. The molecule has 7 nitrogen and oxygen atoms in total. The van der Waals surface area contributed by atoms with Crippen molar-refractivity contribution in [3.63, 3.8) is 0 Å². The molecule has 0 saturated carbocycles. The van der Waals surface area contributed by atoms with Gasteiger partial charge in [0.2, 0.25) is 0 Å². The number of likely N-dealkylation sites (N-methyl/N-ethyl adjacent to an activating group) is 1. The molecule has 1 aromatic carbocycles. The van der Waals surface area contributed by atoms with Gasteiger partial charge < -0.3 is 25.0 Å². The molecule has 8 heteroatoms. The Labute approximate surface area is 211 Å². The van der Waals surface area contributed by atoms with Crippen LogP contribution in [-0.2, 0) is 11.3 Å². The minimum Gasteiger partial charge on any atom is -0.492 e. The van der Waals surface area contributed by atoms with Crippen molar-refractivity contribution in [3.8, 4) is 5.75 Å². The molecule has 0 amide bonds. The molecule has 2 saturated heterocycles. The van der Waals surface area contributed by atoms with Gasteiger partial charge in [-0.2, -0.15) is 0 Å². The largest absolute Gasteiger partial charge is 0.492 e. The first-order valence-corrected chi connectivity index (χ1v) is 11.9. The van der Waals surface area contributed by atoms with Gasteiger partial charge >= 0.3 is 0 Å². The van der Waals surface area contributed by atoms with E-state index in [1.807, 2.05) is 13.1 Å². The lowest BCUT2D eigenvalue weighted by molar-refractivity contribution is 0.0392. The predicted octanol–water partition coefficient (Wildman–Crippen LogP) is 2.95. The quantitative estimate of drug-likeness (QED) is 0.261. The standard InChI is InChI=1S/C24H41N5O2.HI/c1-25-24(26-11-14-29-12-4-3-5-13-29)27-20-21-7-6-8-23(19-21)31-18-15-28(2)22-9-16-30-17-10-22;/h6-8,19,22H,3-5,9-18,20H2,1-2H3,(H2,25,26,27);1H. The van der Waals surface area contributed by atoms with Crippen LogP contribution in [0.1, 0.15) is 37.7 Å². The summed E-state index contributed by atoms with van der Waals surface area (Å²) in [6.45, 7) is 8.56. The number of hydrogen-bond acceptors (Lipinski definition) is 5. The fourth-order valence-corrected chi connectivity index (χ4v) is 4.28. The monoisotopic (exact) mass is 559 g/mol. The van der Waals surface area contributed by atoms with Crippen molar-refractivity contribution < 1.29 is 9.47 Å². The highest BCUT2D eigenvalue weighted by Gasteiger charge is 2.18. The summed E-state index contributed by atoms with van der Waals surface area (Å²) in [5, 5.41) is 6.84. The van der Waals surface area contributed by atoms with Crippen LogP contribution in [0.15, 0.2) is 29.3 Å². The summed E-state index contributed by atoms with van der Waals surface area (Å²) in [5.41, 5.74) is 1.19. The number of guanidine groups is 1. The van der Waals surface area contributed by atoms with Gasteiger partial charge in [0.15, 0.2) is 5.96 Å². The lowest BCUT2D eigenvalue weighted by Crippen LogP contribution is -2.42. The molecule has 2 N–H and O–H groups in total. The Kier molecular flexibility index (Phi) is 13.3. The van der Waals surface area contributed by atoms with E-state index in [-0.39, 0.29) is 24.0 Å². The van der Waals surface area contributed by atoms with Crippen molar-refractivity contribution in [2.45, 2.75) is 44.7 Å². The maximum absolute atomic E-state index is 6.02. The highest BCUT2D eigenvalue weighted by Crippen LogP contribution is 2.15. The average molecular weight is 560 g/mol. The Bertz CT molecular complexity index is 664. The van der Waals surface area contributed by atoms with Crippen molar-refractivity contribution in [1.29, 1.82) is 0 Å². The molecule has 0 aliphatic carbocycles. The number of nitrogens with zero attached hydrogens (tertiary/aromatic N) is 3. The maximum atomic E-state index is 6.02. The Morgan fingerprint density at radius 3 is 2.72 bits per heavy atom. The van der Waals surface area contributed by atoms with Crippen molar-refractivity contribution in [2.24, 2.45) is 4.99 Å². The zero-order valence-electron chi connectivity index (χ0n) is 19.9. The third kappa shape index (κ3) is 9.80. The van der Waals surface area contributed by atoms with Gasteiger partial charge in [-0.1, -0.05) is 18.6 Å². The highest BCUT2D eigenvalue weighted by molar-refractivity contribution is 14.0. The summed E-state index contributed by atoms with van der Waals surface area (Å²) < 4.78 is 11.5. The zero-order valence-corrected chi connectivity index (χ0v) is 22.2. The molecule has 0 atom stereocenters. The number of benzene rings is 1. The van der Waals surface area contributed by atoms with Crippen LogP contribution in [0.3, 0.4) is 0 Å². The summed E-state index contributed by atoms with van der Waals surface area (Å²) >= 11 is 0. The van der Waals surface area contributed by atoms with Crippen LogP contribution in [-0.4, -0.2) is 88.4 Å². The van der Waals surface area contributed by atoms with Gasteiger partial charge in [-0.05, 0) is 63.5 Å². The Balaban J connectivity index is 0.00000363. The smallest absolute Gasteiger partial charge is 0.191 e. The van der Waals surface area contributed by atoms with Crippen molar-refractivity contribution in [1.82, 2.24) is 20.4 Å². The number of aliphatic imine (C=N–C) groups is 1. The van der Waals surface area contributed by atoms with Crippen molar-refractivity contribution >= 4 is 29.9 Å². The van der Waals surface area contributed by atoms with Gasteiger partial charge in [0, 0.05) is 52.5 Å². The molecule has 0 bridgehead atoms. The van der Waals surface area contributed by atoms with E-state index in [0.29, 0.717) is 12.6 Å². The van der Waals surface area contributed by atoms with Crippen molar-refractivity contribution in [2.75, 3.05) is 66.6 Å². The van der Waals surface area contributed by atoms with E-state index in [1.165, 1.54) is 37.9 Å².